The fourth-order valence-electron chi connectivity index (χ4n) is 0.733. The minimum absolute atomic E-state index is 0.123. The van der Waals surface area contributed by atoms with Crippen molar-refractivity contribution in [3.8, 4) is 5.75 Å². The van der Waals surface area contributed by atoms with Crippen LogP contribution in [0, 0.1) is 0 Å². The van der Waals surface area contributed by atoms with Gasteiger partial charge in [-0.15, -0.1) is 0 Å². The van der Waals surface area contributed by atoms with Gasteiger partial charge < -0.3 is 4.74 Å². The van der Waals surface area contributed by atoms with E-state index >= 15 is 0 Å². The maximum Gasteiger partial charge on any atom is 0.387 e. The lowest BCUT2D eigenvalue weighted by atomic mass is 10.3. The van der Waals surface area contributed by atoms with Crippen molar-refractivity contribution in [2.24, 2.45) is 4.99 Å². The fraction of sp³-hybridized carbons (Fsp3) is 0.125. The standard InChI is InChI=1S/C8H7F2NO/c1-11-6-2-4-7(5-3-6)12-8(9)10/h2-5,8H,1H2. The number of nitrogens with zero attached hydrogens (tertiary/aromatic N) is 1. The van der Waals surface area contributed by atoms with Crippen LogP contribution in [0.1, 0.15) is 0 Å². The normalized spacial score (nSPS) is 9.92. The highest BCUT2D eigenvalue weighted by molar-refractivity contribution is 5.47. The molecule has 0 aliphatic rings. The van der Waals surface area contributed by atoms with Crippen molar-refractivity contribution in [2.75, 3.05) is 0 Å². The predicted octanol–water partition coefficient (Wildman–Crippen LogP) is 2.62. The minimum atomic E-state index is -2.78. The molecular formula is C8H7F2NO. The molecule has 0 saturated heterocycles. The van der Waals surface area contributed by atoms with Crippen LogP contribution in [0.25, 0.3) is 0 Å². The van der Waals surface area contributed by atoms with Gasteiger partial charge in [-0.25, -0.2) is 0 Å². The van der Waals surface area contributed by atoms with Crippen LogP contribution in [-0.2, 0) is 0 Å². The van der Waals surface area contributed by atoms with Crippen molar-refractivity contribution in [2.45, 2.75) is 6.61 Å². The van der Waals surface area contributed by atoms with Crippen LogP contribution in [0.4, 0.5) is 14.5 Å². The molecule has 0 aliphatic carbocycles. The highest BCUT2D eigenvalue weighted by Crippen LogP contribution is 2.18. The molecule has 0 fully saturated rings. The first kappa shape index (κ1) is 8.64. The number of halogens is 2. The Balaban J connectivity index is 2.71. The second-order valence-corrected chi connectivity index (χ2v) is 2.03. The monoisotopic (exact) mass is 171 g/mol. The molecule has 0 spiro atoms. The predicted molar refractivity (Wildman–Crippen MR) is 42.3 cm³/mol. The van der Waals surface area contributed by atoms with Crippen molar-refractivity contribution in [3.05, 3.63) is 24.3 Å². The van der Waals surface area contributed by atoms with Crippen molar-refractivity contribution >= 4 is 12.4 Å². The van der Waals surface area contributed by atoms with Gasteiger partial charge in [0.15, 0.2) is 0 Å². The summed E-state index contributed by atoms with van der Waals surface area (Å²) in [4.78, 5) is 3.60. The Hall–Kier alpha value is -1.45. The summed E-state index contributed by atoms with van der Waals surface area (Å²) in [5, 5.41) is 0. The molecule has 1 rings (SSSR count). The summed E-state index contributed by atoms with van der Waals surface area (Å²) in [6.07, 6.45) is 0. The van der Waals surface area contributed by atoms with Crippen LogP contribution < -0.4 is 4.74 Å². The Kier molecular flexibility index (Phi) is 2.74. The van der Waals surface area contributed by atoms with Crippen molar-refractivity contribution in [3.63, 3.8) is 0 Å². The average molecular weight is 171 g/mol. The van der Waals surface area contributed by atoms with Crippen LogP contribution in [0.3, 0.4) is 0 Å². The number of hydrogen-bond acceptors (Lipinski definition) is 2. The fourth-order valence-corrected chi connectivity index (χ4v) is 0.733. The van der Waals surface area contributed by atoms with Crippen LogP contribution in [0.5, 0.6) is 5.75 Å². The molecule has 0 aromatic heterocycles. The van der Waals surface area contributed by atoms with Crippen molar-refractivity contribution in [1.29, 1.82) is 0 Å². The molecule has 0 aliphatic heterocycles. The van der Waals surface area contributed by atoms with Crippen molar-refractivity contribution < 1.29 is 13.5 Å². The zero-order valence-corrected chi connectivity index (χ0v) is 6.21. The molecule has 0 unspecified atom stereocenters. The van der Waals surface area contributed by atoms with E-state index < -0.39 is 6.61 Å². The third kappa shape index (κ3) is 2.30. The first-order chi connectivity index (χ1) is 5.72. The van der Waals surface area contributed by atoms with Gasteiger partial charge in [-0.1, -0.05) is 0 Å². The van der Waals surface area contributed by atoms with E-state index in [2.05, 4.69) is 16.4 Å². The summed E-state index contributed by atoms with van der Waals surface area (Å²) in [6.45, 7) is 0.498. The lowest BCUT2D eigenvalue weighted by Gasteiger charge is -2.02. The quantitative estimate of drug-likeness (QED) is 0.640. The maximum absolute atomic E-state index is 11.6. The molecule has 1 aromatic rings. The SMILES string of the molecule is C=Nc1ccc(OC(F)F)cc1. The first-order valence-corrected chi connectivity index (χ1v) is 3.24. The highest BCUT2D eigenvalue weighted by Gasteiger charge is 2.02. The van der Waals surface area contributed by atoms with Crippen LogP contribution in [0.2, 0.25) is 0 Å². The molecule has 0 heterocycles. The smallest absolute Gasteiger partial charge is 0.387 e. The van der Waals surface area contributed by atoms with Crippen LogP contribution in [0.15, 0.2) is 29.3 Å². The van der Waals surface area contributed by atoms with Gasteiger partial charge in [0.1, 0.15) is 5.75 Å². The topological polar surface area (TPSA) is 21.6 Å². The molecule has 4 heteroatoms. The third-order valence-electron chi connectivity index (χ3n) is 1.24. The van der Waals surface area contributed by atoms with E-state index in [1.165, 1.54) is 12.1 Å². The van der Waals surface area contributed by atoms with Gasteiger partial charge in [-0.3, -0.25) is 4.99 Å². The number of aliphatic imine (C=N–C) groups is 1. The lowest BCUT2D eigenvalue weighted by molar-refractivity contribution is -0.0498. The van der Waals surface area contributed by atoms with Gasteiger partial charge in [-0.2, -0.15) is 8.78 Å². The third-order valence-corrected chi connectivity index (χ3v) is 1.24. The molecule has 12 heavy (non-hydrogen) atoms. The Morgan fingerprint density at radius 3 is 2.25 bits per heavy atom. The Morgan fingerprint density at radius 2 is 1.83 bits per heavy atom. The number of rotatable bonds is 3. The summed E-state index contributed by atoms with van der Waals surface area (Å²) < 4.78 is 27.4. The maximum atomic E-state index is 11.6. The van der Waals surface area contributed by atoms with E-state index in [1.54, 1.807) is 12.1 Å². The van der Waals surface area contributed by atoms with Crippen molar-refractivity contribution in [1.82, 2.24) is 0 Å². The number of benzene rings is 1. The molecule has 0 N–H and O–H groups in total. The summed E-state index contributed by atoms with van der Waals surface area (Å²) in [7, 11) is 0. The Bertz CT molecular complexity index is 258. The first-order valence-electron chi connectivity index (χ1n) is 3.24. The molecule has 0 saturated carbocycles. The summed E-state index contributed by atoms with van der Waals surface area (Å²) in [5.74, 6) is 0.123. The number of alkyl halides is 2. The molecule has 64 valence electrons. The Morgan fingerprint density at radius 1 is 1.25 bits per heavy atom. The highest BCUT2D eigenvalue weighted by atomic mass is 19.3. The summed E-state index contributed by atoms with van der Waals surface area (Å²) >= 11 is 0. The molecule has 0 atom stereocenters. The van der Waals surface area contributed by atoms with Gasteiger partial charge in [0.2, 0.25) is 0 Å². The summed E-state index contributed by atoms with van der Waals surface area (Å²) in [5.41, 5.74) is 0.622. The second kappa shape index (κ2) is 3.80. The van der Waals surface area contributed by atoms with E-state index in [9.17, 15) is 8.78 Å². The Labute approximate surface area is 68.5 Å². The molecule has 0 radical (unpaired) electrons. The molecule has 0 bridgehead atoms. The van der Waals surface area contributed by atoms with E-state index in [0.717, 1.165) is 0 Å². The second-order valence-electron chi connectivity index (χ2n) is 2.03. The van der Waals surface area contributed by atoms with Gasteiger partial charge in [0, 0.05) is 0 Å². The van der Waals surface area contributed by atoms with Gasteiger partial charge in [0.25, 0.3) is 0 Å². The largest absolute Gasteiger partial charge is 0.435 e. The van der Waals surface area contributed by atoms with Crippen LogP contribution in [-0.4, -0.2) is 13.3 Å². The lowest BCUT2D eigenvalue weighted by Crippen LogP contribution is -2.01. The molecule has 1 aromatic carbocycles. The number of ether oxygens (including phenoxy) is 1. The molecule has 2 nitrogen and oxygen atoms in total. The zero-order valence-electron chi connectivity index (χ0n) is 6.21. The molecule has 0 amide bonds. The van der Waals surface area contributed by atoms with E-state index in [-0.39, 0.29) is 5.75 Å². The van der Waals surface area contributed by atoms with Crippen LogP contribution >= 0.6 is 0 Å². The van der Waals surface area contributed by atoms with Gasteiger partial charge >= 0.3 is 6.61 Å². The summed E-state index contributed by atoms with van der Waals surface area (Å²) in [6, 6.07) is 5.92. The van der Waals surface area contributed by atoms with Gasteiger partial charge in [0.05, 0.1) is 5.69 Å². The average Bonchev–Trinajstić information content (AvgIpc) is 2.05. The van der Waals surface area contributed by atoms with Gasteiger partial charge in [-0.05, 0) is 31.0 Å². The van der Waals surface area contributed by atoms with E-state index in [1.807, 2.05) is 0 Å². The van der Waals surface area contributed by atoms with E-state index in [0.29, 0.717) is 5.69 Å². The zero-order chi connectivity index (χ0) is 8.97. The molecular weight excluding hydrogens is 164 g/mol. The number of hydrogen-bond donors (Lipinski definition) is 0. The van der Waals surface area contributed by atoms with E-state index in [4.69, 9.17) is 0 Å². The minimum Gasteiger partial charge on any atom is -0.435 e.